The van der Waals surface area contributed by atoms with Gasteiger partial charge in [-0.25, -0.2) is 8.78 Å². The van der Waals surface area contributed by atoms with Crippen molar-refractivity contribution >= 4 is 0 Å². The molecule has 0 aliphatic rings. The molecule has 1 unspecified atom stereocenters. The second-order valence-corrected chi connectivity index (χ2v) is 2.11. The molecule has 0 radical (unpaired) electrons. The van der Waals surface area contributed by atoms with E-state index in [2.05, 4.69) is 4.74 Å². The molecule has 0 saturated carbocycles. The van der Waals surface area contributed by atoms with Crippen molar-refractivity contribution in [2.75, 3.05) is 0 Å². The molecular weight excluding hydrogens is 150 g/mol. The van der Waals surface area contributed by atoms with Crippen LogP contribution in [0.1, 0.15) is 6.92 Å². The monoisotopic (exact) mass is 158 g/mol. The Balaban J connectivity index is 2.66. The summed E-state index contributed by atoms with van der Waals surface area (Å²) < 4.78 is 29.1. The molecule has 11 heavy (non-hydrogen) atoms. The fourth-order valence-corrected chi connectivity index (χ4v) is 0.701. The summed E-state index contributed by atoms with van der Waals surface area (Å²) in [4.78, 5) is 0. The molecule has 0 heterocycles. The van der Waals surface area contributed by atoms with E-state index in [9.17, 15) is 8.78 Å². The van der Waals surface area contributed by atoms with Gasteiger partial charge in [0.15, 0.2) is 0 Å². The molecule has 0 spiro atoms. The van der Waals surface area contributed by atoms with E-state index in [1.807, 2.05) is 0 Å². The predicted octanol–water partition coefficient (Wildman–Crippen LogP) is 2.52. The van der Waals surface area contributed by atoms with Gasteiger partial charge in [-0.2, -0.15) is 0 Å². The van der Waals surface area contributed by atoms with Crippen LogP contribution in [0.5, 0.6) is 5.75 Å². The van der Waals surface area contributed by atoms with Crippen LogP contribution in [0, 0.1) is 5.82 Å². The van der Waals surface area contributed by atoms with Crippen molar-refractivity contribution in [2.45, 2.75) is 13.3 Å². The summed E-state index contributed by atoms with van der Waals surface area (Å²) in [6.45, 7) is 1.27. The van der Waals surface area contributed by atoms with Crippen molar-refractivity contribution in [3.8, 4) is 5.75 Å². The first-order valence-corrected chi connectivity index (χ1v) is 3.25. The SMILES string of the molecule is CC(F)Oc1ccc(F)cc1. The Labute approximate surface area is 63.6 Å². The van der Waals surface area contributed by atoms with E-state index in [4.69, 9.17) is 0 Å². The molecular formula is C8H8F2O. The van der Waals surface area contributed by atoms with Crippen LogP contribution in [0.4, 0.5) is 8.78 Å². The maximum absolute atomic E-state index is 12.3. The zero-order chi connectivity index (χ0) is 8.27. The Kier molecular flexibility index (Phi) is 2.41. The Morgan fingerprint density at radius 3 is 2.27 bits per heavy atom. The predicted molar refractivity (Wildman–Crippen MR) is 37.6 cm³/mol. The summed E-state index contributed by atoms with van der Waals surface area (Å²) in [6.07, 6.45) is -1.36. The molecule has 1 rings (SSSR count). The number of alkyl halides is 1. The molecule has 3 heteroatoms. The maximum Gasteiger partial charge on any atom is 0.235 e. The van der Waals surface area contributed by atoms with Gasteiger partial charge >= 0.3 is 0 Å². The van der Waals surface area contributed by atoms with Gasteiger partial charge in [0.05, 0.1) is 0 Å². The molecule has 1 nitrogen and oxygen atoms in total. The van der Waals surface area contributed by atoms with Crippen LogP contribution >= 0.6 is 0 Å². The van der Waals surface area contributed by atoms with Crippen molar-refractivity contribution in [2.24, 2.45) is 0 Å². The summed E-state index contributed by atoms with van der Waals surface area (Å²) in [5.74, 6) is -0.0229. The van der Waals surface area contributed by atoms with Crippen LogP contribution in [-0.2, 0) is 0 Å². The standard InChI is InChI=1S/C8H8F2O/c1-6(9)11-8-4-2-7(10)3-5-8/h2-6H,1H3. The van der Waals surface area contributed by atoms with Crippen molar-refractivity contribution in [1.82, 2.24) is 0 Å². The Morgan fingerprint density at radius 2 is 1.82 bits per heavy atom. The third kappa shape index (κ3) is 2.53. The molecule has 0 amide bonds. The lowest BCUT2D eigenvalue weighted by atomic mass is 10.3. The van der Waals surface area contributed by atoms with Gasteiger partial charge in [-0.1, -0.05) is 0 Å². The lowest BCUT2D eigenvalue weighted by molar-refractivity contribution is 0.0859. The normalized spacial score (nSPS) is 12.6. The second kappa shape index (κ2) is 3.32. The van der Waals surface area contributed by atoms with Crippen molar-refractivity contribution in [1.29, 1.82) is 0 Å². The molecule has 1 aromatic rings. The molecule has 0 N–H and O–H groups in total. The Bertz CT molecular complexity index is 218. The largest absolute Gasteiger partial charge is 0.461 e. The Morgan fingerprint density at radius 1 is 1.27 bits per heavy atom. The van der Waals surface area contributed by atoms with Crippen LogP contribution in [0.3, 0.4) is 0 Å². The lowest BCUT2D eigenvalue weighted by Crippen LogP contribution is -2.03. The van der Waals surface area contributed by atoms with Gasteiger partial charge in [0.2, 0.25) is 6.36 Å². The quantitative estimate of drug-likeness (QED) is 0.642. The van der Waals surface area contributed by atoms with Gasteiger partial charge in [0.25, 0.3) is 0 Å². The molecule has 1 atom stereocenters. The second-order valence-electron chi connectivity index (χ2n) is 2.11. The topological polar surface area (TPSA) is 9.23 Å². The van der Waals surface area contributed by atoms with E-state index in [1.54, 1.807) is 0 Å². The zero-order valence-electron chi connectivity index (χ0n) is 6.05. The van der Waals surface area contributed by atoms with Crippen molar-refractivity contribution < 1.29 is 13.5 Å². The highest BCUT2D eigenvalue weighted by molar-refractivity contribution is 5.22. The van der Waals surface area contributed by atoms with E-state index in [1.165, 1.54) is 31.2 Å². The van der Waals surface area contributed by atoms with Crippen molar-refractivity contribution in [3.63, 3.8) is 0 Å². The number of hydrogen-bond donors (Lipinski definition) is 0. The summed E-state index contributed by atoms with van der Waals surface area (Å²) >= 11 is 0. The first-order valence-electron chi connectivity index (χ1n) is 3.25. The average molecular weight is 158 g/mol. The van der Waals surface area contributed by atoms with E-state index < -0.39 is 6.36 Å². The third-order valence-electron chi connectivity index (χ3n) is 1.11. The van der Waals surface area contributed by atoms with Gasteiger partial charge < -0.3 is 4.74 Å². The molecule has 1 aromatic carbocycles. The van der Waals surface area contributed by atoms with Crippen LogP contribution in [0.25, 0.3) is 0 Å². The maximum atomic E-state index is 12.3. The minimum absolute atomic E-state index is 0.335. The minimum Gasteiger partial charge on any atom is -0.461 e. The summed E-state index contributed by atoms with van der Waals surface area (Å²) in [7, 11) is 0. The lowest BCUT2D eigenvalue weighted by Gasteiger charge is -2.05. The molecule has 60 valence electrons. The van der Waals surface area contributed by atoms with Gasteiger partial charge in [0.1, 0.15) is 11.6 Å². The molecule has 0 aromatic heterocycles. The fraction of sp³-hybridized carbons (Fsp3) is 0.250. The van der Waals surface area contributed by atoms with Crippen LogP contribution < -0.4 is 4.74 Å². The third-order valence-corrected chi connectivity index (χ3v) is 1.11. The minimum atomic E-state index is -1.36. The summed E-state index contributed by atoms with van der Waals surface area (Å²) in [5.41, 5.74) is 0. The van der Waals surface area contributed by atoms with Crippen LogP contribution in [0.15, 0.2) is 24.3 Å². The summed E-state index contributed by atoms with van der Waals surface area (Å²) in [5, 5.41) is 0. The highest BCUT2D eigenvalue weighted by Gasteiger charge is 1.98. The van der Waals surface area contributed by atoms with E-state index in [0.717, 1.165) is 0 Å². The van der Waals surface area contributed by atoms with Gasteiger partial charge in [-0.05, 0) is 24.3 Å². The molecule has 0 saturated heterocycles. The smallest absolute Gasteiger partial charge is 0.235 e. The van der Waals surface area contributed by atoms with E-state index in [-0.39, 0.29) is 5.82 Å². The van der Waals surface area contributed by atoms with Crippen LogP contribution in [-0.4, -0.2) is 6.36 Å². The van der Waals surface area contributed by atoms with E-state index in [0.29, 0.717) is 5.75 Å². The first kappa shape index (κ1) is 7.98. The summed E-state index contributed by atoms with van der Waals surface area (Å²) in [6, 6.07) is 5.20. The highest BCUT2D eigenvalue weighted by atomic mass is 19.1. The number of rotatable bonds is 2. The molecule has 0 fully saturated rings. The number of ether oxygens (including phenoxy) is 1. The average Bonchev–Trinajstić information content (AvgIpc) is 1.93. The number of hydrogen-bond acceptors (Lipinski definition) is 1. The zero-order valence-corrected chi connectivity index (χ0v) is 6.05. The fourth-order valence-electron chi connectivity index (χ4n) is 0.701. The Hall–Kier alpha value is -1.12. The van der Waals surface area contributed by atoms with E-state index >= 15 is 0 Å². The van der Waals surface area contributed by atoms with Gasteiger partial charge in [0, 0.05) is 6.92 Å². The highest BCUT2D eigenvalue weighted by Crippen LogP contribution is 2.12. The molecule has 0 bridgehead atoms. The molecule has 0 aliphatic carbocycles. The van der Waals surface area contributed by atoms with Crippen molar-refractivity contribution in [3.05, 3.63) is 30.1 Å². The van der Waals surface area contributed by atoms with Gasteiger partial charge in [-0.15, -0.1) is 0 Å². The van der Waals surface area contributed by atoms with Crippen LogP contribution in [0.2, 0.25) is 0 Å². The first-order chi connectivity index (χ1) is 5.18. The van der Waals surface area contributed by atoms with Gasteiger partial charge in [-0.3, -0.25) is 0 Å². The number of benzene rings is 1. The molecule has 0 aliphatic heterocycles. The number of halogens is 2.